The van der Waals surface area contributed by atoms with Gasteiger partial charge in [0.15, 0.2) is 0 Å². The Bertz CT molecular complexity index is 619. The molecule has 0 aliphatic heterocycles. The standard InChI is InChI=1S/C13H11ClIN3O/c1-16-12-6-8(4-5-17-12)13(19)18-11-3-2-9(14)7-10(11)15/h2-7H,1H3,(H,16,17)(H,18,19). The van der Waals surface area contributed by atoms with Crippen LogP contribution in [-0.4, -0.2) is 17.9 Å². The molecule has 2 N–H and O–H groups in total. The van der Waals surface area contributed by atoms with Crippen molar-refractivity contribution >= 4 is 51.6 Å². The molecule has 1 amide bonds. The highest BCUT2D eigenvalue weighted by molar-refractivity contribution is 14.1. The predicted octanol–water partition coefficient (Wildman–Crippen LogP) is 3.63. The number of aromatic nitrogens is 1. The monoisotopic (exact) mass is 387 g/mol. The summed E-state index contributed by atoms with van der Waals surface area (Å²) in [5, 5.41) is 6.38. The van der Waals surface area contributed by atoms with Gasteiger partial charge in [-0.25, -0.2) is 4.98 Å². The minimum Gasteiger partial charge on any atom is -0.373 e. The molecule has 0 unspecified atom stereocenters. The van der Waals surface area contributed by atoms with Crippen molar-refractivity contribution in [3.63, 3.8) is 0 Å². The summed E-state index contributed by atoms with van der Waals surface area (Å²) in [5.74, 6) is 0.470. The van der Waals surface area contributed by atoms with Crippen LogP contribution in [0, 0.1) is 3.57 Å². The first-order valence-electron chi connectivity index (χ1n) is 5.50. The smallest absolute Gasteiger partial charge is 0.255 e. The van der Waals surface area contributed by atoms with Crippen molar-refractivity contribution in [3.05, 3.63) is 50.7 Å². The average molecular weight is 388 g/mol. The van der Waals surface area contributed by atoms with Gasteiger partial charge in [-0.3, -0.25) is 4.79 Å². The molecular weight excluding hydrogens is 377 g/mol. The Morgan fingerprint density at radius 2 is 2.11 bits per heavy atom. The van der Waals surface area contributed by atoms with Crippen LogP contribution in [0.15, 0.2) is 36.5 Å². The van der Waals surface area contributed by atoms with Gasteiger partial charge >= 0.3 is 0 Å². The van der Waals surface area contributed by atoms with E-state index >= 15 is 0 Å². The van der Waals surface area contributed by atoms with Crippen molar-refractivity contribution in [3.8, 4) is 0 Å². The summed E-state index contributed by atoms with van der Waals surface area (Å²) in [5.41, 5.74) is 1.28. The number of nitrogens with one attached hydrogen (secondary N) is 2. The molecule has 1 aromatic carbocycles. The molecule has 1 heterocycles. The number of benzene rings is 1. The zero-order valence-corrected chi connectivity index (χ0v) is 13.0. The van der Waals surface area contributed by atoms with Gasteiger partial charge < -0.3 is 10.6 Å². The number of carbonyl (C=O) groups is 1. The van der Waals surface area contributed by atoms with Crippen LogP contribution in [0.3, 0.4) is 0 Å². The minimum atomic E-state index is -0.181. The van der Waals surface area contributed by atoms with Crippen LogP contribution >= 0.6 is 34.2 Å². The number of carbonyl (C=O) groups excluding carboxylic acids is 1. The highest BCUT2D eigenvalue weighted by atomic mass is 127. The molecular formula is C13H11ClIN3O. The fourth-order valence-electron chi connectivity index (χ4n) is 1.49. The highest BCUT2D eigenvalue weighted by Crippen LogP contribution is 2.23. The maximum absolute atomic E-state index is 12.1. The second-order valence-electron chi connectivity index (χ2n) is 3.76. The first-order valence-corrected chi connectivity index (χ1v) is 6.96. The molecule has 0 fully saturated rings. The molecule has 2 rings (SSSR count). The number of halogens is 2. The lowest BCUT2D eigenvalue weighted by Gasteiger charge is -2.08. The summed E-state index contributed by atoms with van der Waals surface area (Å²) in [6.07, 6.45) is 1.59. The number of pyridine rings is 1. The summed E-state index contributed by atoms with van der Waals surface area (Å²) >= 11 is 8.00. The average Bonchev–Trinajstić information content (AvgIpc) is 2.42. The van der Waals surface area contributed by atoms with Crippen molar-refractivity contribution in [2.75, 3.05) is 17.7 Å². The summed E-state index contributed by atoms with van der Waals surface area (Å²) < 4.78 is 0.890. The molecule has 0 bridgehead atoms. The molecule has 0 spiro atoms. The zero-order chi connectivity index (χ0) is 13.8. The number of rotatable bonds is 3. The summed E-state index contributed by atoms with van der Waals surface area (Å²) in [6.45, 7) is 0. The molecule has 19 heavy (non-hydrogen) atoms. The van der Waals surface area contributed by atoms with Gasteiger partial charge in [-0.05, 0) is 52.9 Å². The van der Waals surface area contributed by atoms with Crippen LogP contribution in [0.2, 0.25) is 5.02 Å². The van der Waals surface area contributed by atoms with E-state index in [0.717, 1.165) is 9.26 Å². The van der Waals surface area contributed by atoms with E-state index in [1.54, 1.807) is 43.6 Å². The molecule has 6 heteroatoms. The number of amides is 1. The molecule has 0 aliphatic carbocycles. The SMILES string of the molecule is CNc1cc(C(=O)Nc2ccc(Cl)cc2I)ccn1. The van der Waals surface area contributed by atoms with Gasteiger partial charge in [0.05, 0.1) is 5.69 Å². The lowest BCUT2D eigenvalue weighted by atomic mass is 10.2. The maximum atomic E-state index is 12.1. The van der Waals surface area contributed by atoms with Gasteiger partial charge in [-0.15, -0.1) is 0 Å². The lowest BCUT2D eigenvalue weighted by Crippen LogP contribution is -2.13. The van der Waals surface area contributed by atoms with Gasteiger partial charge in [0, 0.05) is 27.4 Å². The predicted molar refractivity (Wildman–Crippen MR) is 85.9 cm³/mol. The molecule has 0 radical (unpaired) electrons. The third-order valence-corrected chi connectivity index (χ3v) is 3.59. The van der Waals surface area contributed by atoms with Crippen molar-refractivity contribution in [2.24, 2.45) is 0 Å². The van der Waals surface area contributed by atoms with E-state index in [-0.39, 0.29) is 5.91 Å². The second-order valence-corrected chi connectivity index (χ2v) is 5.36. The maximum Gasteiger partial charge on any atom is 0.255 e. The van der Waals surface area contributed by atoms with Crippen LogP contribution in [0.25, 0.3) is 0 Å². The van der Waals surface area contributed by atoms with Gasteiger partial charge in [-0.2, -0.15) is 0 Å². The third kappa shape index (κ3) is 3.57. The van der Waals surface area contributed by atoms with Crippen molar-refractivity contribution in [1.82, 2.24) is 4.98 Å². The van der Waals surface area contributed by atoms with Crippen molar-refractivity contribution in [2.45, 2.75) is 0 Å². The Morgan fingerprint density at radius 3 is 2.79 bits per heavy atom. The Labute approximate surface area is 129 Å². The molecule has 0 saturated carbocycles. The highest BCUT2D eigenvalue weighted by Gasteiger charge is 2.09. The Kier molecular flexibility index (Phi) is 4.60. The van der Waals surface area contributed by atoms with Crippen LogP contribution in [-0.2, 0) is 0 Å². The number of anilines is 2. The Hall–Kier alpha value is -1.34. The normalized spacial score (nSPS) is 10.1. The number of nitrogens with zero attached hydrogens (tertiary/aromatic N) is 1. The Morgan fingerprint density at radius 1 is 1.32 bits per heavy atom. The van der Waals surface area contributed by atoms with Crippen LogP contribution in [0.5, 0.6) is 0 Å². The van der Waals surface area contributed by atoms with E-state index in [1.807, 2.05) is 0 Å². The van der Waals surface area contributed by atoms with Gasteiger partial charge in [0.25, 0.3) is 5.91 Å². The van der Waals surface area contributed by atoms with E-state index in [1.165, 1.54) is 0 Å². The van der Waals surface area contributed by atoms with Crippen molar-refractivity contribution < 1.29 is 4.79 Å². The van der Waals surface area contributed by atoms with Crippen LogP contribution in [0.1, 0.15) is 10.4 Å². The summed E-state index contributed by atoms with van der Waals surface area (Å²) in [4.78, 5) is 16.2. The molecule has 0 saturated heterocycles. The van der Waals surface area contributed by atoms with E-state index in [9.17, 15) is 4.79 Å². The molecule has 98 valence electrons. The zero-order valence-electron chi connectivity index (χ0n) is 10.1. The van der Waals surface area contributed by atoms with Gasteiger partial charge in [-0.1, -0.05) is 11.6 Å². The summed E-state index contributed by atoms with van der Waals surface area (Å²) in [7, 11) is 1.76. The number of hydrogen-bond acceptors (Lipinski definition) is 3. The lowest BCUT2D eigenvalue weighted by molar-refractivity contribution is 0.102. The molecule has 4 nitrogen and oxygen atoms in total. The van der Waals surface area contributed by atoms with Gasteiger partial charge in [0.2, 0.25) is 0 Å². The minimum absolute atomic E-state index is 0.181. The quantitative estimate of drug-likeness (QED) is 0.791. The third-order valence-electron chi connectivity index (χ3n) is 2.46. The van der Waals surface area contributed by atoms with E-state index in [0.29, 0.717) is 16.4 Å². The Balaban J connectivity index is 2.20. The molecule has 0 aliphatic rings. The molecule has 1 aromatic heterocycles. The second kappa shape index (κ2) is 6.21. The number of hydrogen-bond donors (Lipinski definition) is 2. The van der Waals surface area contributed by atoms with Crippen molar-refractivity contribution in [1.29, 1.82) is 0 Å². The topological polar surface area (TPSA) is 54.0 Å². The fraction of sp³-hybridized carbons (Fsp3) is 0.0769. The van der Waals surface area contributed by atoms with Crippen LogP contribution < -0.4 is 10.6 Å². The van der Waals surface area contributed by atoms with Gasteiger partial charge in [0.1, 0.15) is 5.82 Å². The van der Waals surface area contributed by atoms with E-state index < -0.39 is 0 Å². The first kappa shape index (κ1) is 14.1. The van der Waals surface area contributed by atoms with Crippen LogP contribution in [0.4, 0.5) is 11.5 Å². The first-order chi connectivity index (χ1) is 9.10. The molecule has 0 atom stereocenters. The summed E-state index contributed by atoms with van der Waals surface area (Å²) in [6, 6.07) is 8.67. The molecule has 2 aromatic rings. The largest absolute Gasteiger partial charge is 0.373 e. The van der Waals surface area contributed by atoms with E-state index in [2.05, 4.69) is 38.2 Å². The fourth-order valence-corrected chi connectivity index (χ4v) is 2.50. The van der Waals surface area contributed by atoms with E-state index in [4.69, 9.17) is 11.6 Å².